The molecule has 5 nitrogen and oxygen atoms in total. The third-order valence-electron chi connectivity index (χ3n) is 4.54. The van der Waals surface area contributed by atoms with Gasteiger partial charge in [0.1, 0.15) is 0 Å². The van der Waals surface area contributed by atoms with Gasteiger partial charge in [0, 0.05) is 32.2 Å². The molecule has 22 heavy (non-hydrogen) atoms. The van der Waals surface area contributed by atoms with Crippen molar-refractivity contribution in [2.75, 3.05) is 32.9 Å². The first kappa shape index (κ1) is 17.7. The number of hydrogen-bond acceptors (Lipinski definition) is 4. The highest BCUT2D eigenvalue weighted by atomic mass is 16.5. The molecular formula is C17H32N2O3. The fourth-order valence-corrected chi connectivity index (χ4v) is 3.21. The maximum absolute atomic E-state index is 11.7. The van der Waals surface area contributed by atoms with Crippen molar-refractivity contribution < 1.29 is 14.3 Å². The van der Waals surface area contributed by atoms with Crippen LogP contribution >= 0.6 is 0 Å². The smallest absolute Gasteiger partial charge is 0.222 e. The molecule has 0 aromatic rings. The summed E-state index contributed by atoms with van der Waals surface area (Å²) in [7, 11) is 0. The van der Waals surface area contributed by atoms with Gasteiger partial charge in [-0.2, -0.15) is 0 Å². The molecule has 0 spiro atoms. The van der Waals surface area contributed by atoms with Crippen molar-refractivity contribution in [1.29, 1.82) is 0 Å². The number of ether oxygens (including phenoxy) is 2. The second-order valence-corrected chi connectivity index (χ2v) is 6.45. The molecular weight excluding hydrogens is 280 g/mol. The molecule has 1 atom stereocenters. The minimum absolute atomic E-state index is 0.0787. The molecule has 5 heteroatoms. The third-order valence-corrected chi connectivity index (χ3v) is 4.54. The van der Waals surface area contributed by atoms with Gasteiger partial charge in [0.2, 0.25) is 5.91 Å². The van der Waals surface area contributed by atoms with Gasteiger partial charge in [-0.15, -0.1) is 0 Å². The summed E-state index contributed by atoms with van der Waals surface area (Å²) in [6.07, 6.45) is 10.9. The summed E-state index contributed by atoms with van der Waals surface area (Å²) in [5.41, 5.74) is 0. The second kappa shape index (κ2) is 11.0. The van der Waals surface area contributed by atoms with Crippen LogP contribution in [0, 0.1) is 0 Å². The molecule has 0 aromatic carbocycles. The lowest BCUT2D eigenvalue weighted by atomic mass is 10.1. The highest BCUT2D eigenvalue weighted by Gasteiger charge is 2.15. The maximum Gasteiger partial charge on any atom is 0.222 e. The fraction of sp³-hybridized carbons (Fsp3) is 0.941. The number of hydrogen-bond donors (Lipinski definition) is 2. The van der Waals surface area contributed by atoms with E-state index in [0.29, 0.717) is 32.2 Å². The molecule has 2 rings (SSSR count). The Labute approximate surface area is 134 Å². The van der Waals surface area contributed by atoms with Crippen LogP contribution < -0.4 is 10.6 Å². The van der Waals surface area contributed by atoms with Crippen molar-refractivity contribution in [3.63, 3.8) is 0 Å². The van der Waals surface area contributed by atoms with E-state index >= 15 is 0 Å². The zero-order valence-corrected chi connectivity index (χ0v) is 13.8. The van der Waals surface area contributed by atoms with Gasteiger partial charge in [0.15, 0.2) is 0 Å². The fourth-order valence-electron chi connectivity index (χ4n) is 3.21. The topological polar surface area (TPSA) is 59.6 Å². The normalized spacial score (nSPS) is 23.4. The quantitative estimate of drug-likeness (QED) is 0.505. The van der Waals surface area contributed by atoms with Gasteiger partial charge in [0.25, 0.3) is 0 Å². The van der Waals surface area contributed by atoms with Gasteiger partial charge in [-0.25, -0.2) is 0 Å². The van der Waals surface area contributed by atoms with E-state index in [1.54, 1.807) is 0 Å². The minimum Gasteiger partial charge on any atom is -0.378 e. The maximum atomic E-state index is 11.7. The Morgan fingerprint density at radius 2 is 1.86 bits per heavy atom. The summed E-state index contributed by atoms with van der Waals surface area (Å²) in [6, 6.07) is 0.647. The van der Waals surface area contributed by atoms with Crippen LogP contribution in [0.1, 0.15) is 57.8 Å². The van der Waals surface area contributed by atoms with Crippen LogP contribution in [0.25, 0.3) is 0 Å². The van der Waals surface area contributed by atoms with E-state index in [2.05, 4.69) is 10.6 Å². The van der Waals surface area contributed by atoms with Crippen LogP contribution in [-0.4, -0.2) is 51.0 Å². The summed E-state index contributed by atoms with van der Waals surface area (Å²) in [6.45, 7) is 3.54. The van der Waals surface area contributed by atoms with Gasteiger partial charge in [-0.1, -0.05) is 25.7 Å². The number of carbonyl (C=O) groups excluding carboxylic acids is 1. The zero-order valence-electron chi connectivity index (χ0n) is 13.8. The van der Waals surface area contributed by atoms with E-state index in [9.17, 15) is 4.79 Å². The molecule has 2 aliphatic rings. The first-order chi connectivity index (χ1) is 10.8. The Balaban J connectivity index is 1.40. The standard InChI is InChI=1S/C17H32N2O3/c20-17(9-13-21-14-16-8-5-12-22-16)19-11-10-18-15-6-3-1-2-4-7-15/h15-16,18H,1-14H2,(H,19,20). The summed E-state index contributed by atoms with van der Waals surface area (Å²) >= 11 is 0. The SMILES string of the molecule is O=C(CCOCC1CCCO1)NCCNC1CCCCCC1. The molecule has 1 saturated carbocycles. The third kappa shape index (κ3) is 7.56. The molecule has 1 aliphatic heterocycles. The van der Waals surface area contributed by atoms with E-state index in [1.807, 2.05) is 0 Å². The van der Waals surface area contributed by atoms with Gasteiger partial charge in [0.05, 0.1) is 19.3 Å². The summed E-state index contributed by atoms with van der Waals surface area (Å²) in [4.78, 5) is 11.7. The molecule has 1 unspecified atom stereocenters. The van der Waals surface area contributed by atoms with Gasteiger partial charge >= 0.3 is 0 Å². The van der Waals surface area contributed by atoms with Gasteiger partial charge in [-0.3, -0.25) is 4.79 Å². The number of amides is 1. The molecule has 2 fully saturated rings. The molecule has 1 heterocycles. The Morgan fingerprint density at radius 1 is 1.05 bits per heavy atom. The number of nitrogens with one attached hydrogen (secondary N) is 2. The lowest BCUT2D eigenvalue weighted by molar-refractivity contribution is -0.122. The lowest BCUT2D eigenvalue weighted by Crippen LogP contribution is -2.37. The Kier molecular flexibility index (Phi) is 8.83. The van der Waals surface area contributed by atoms with Crippen molar-refractivity contribution in [2.24, 2.45) is 0 Å². The van der Waals surface area contributed by atoms with Crippen LogP contribution in [0.15, 0.2) is 0 Å². The molecule has 0 radical (unpaired) electrons. The number of carbonyl (C=O) groups is 1. The largest absolute Gasteiger partial charge is 0.378 e. The van der Waals surface area contributed by atoms with Crippen LogP contribution in [0.2, 0.25) is 0 Å². The Bertz CT molecular complexity index is 298. The van der Waals surface area contributed by atoms with E-state index < -0.39 is 0 Å². The van der Waals surface area contributed by atoms with Crippen molar-refractivity contribution in [1.82, 2.24) is 10.6 Å². The zero-order chi connectivity index (χ0) is 15.5. The molecule has 2 N–H and O–H groups in total. The highest BCUT2D eigenvalue weighted by molar-refractivity contribution is 5.75. The monoisotopic (exact) mass is 312 g/mol. The van der Waals surface area contributed by atoms with Gasteiger partial charge in [-0.05, 0) is 25.7 Å². The van der Waals surface area contributed by atoms with Crippen LogP contribution in [0.4, 0.5) is 0 Å². The second-order valence-electron chi connectivity index (χ2n) is 6.45. The van der Waals surface area contributed by atoms with Crippen LogP contribution in [0.5, 0.6) is 0 Å². The first-order valence-corrected chi connectivity index (χ1v) is 9.04. The molecule has 1 aliphatic carbocycles. The molecule has 0 bridgehead atoms. The van der Waals surface area contributed by atoms with Gasteiger partial charge < -0.3 is 20.1 Å². The van der Waals surface area contributed by atoms with Crippen LogP contribution in [-0.2, 0) is 14.3 Å². The predicted molar refractivity (Wildman–Crippen MR) is 86.9 cm³/mol. The van der Waals surface area contributed by atoms with Crippen LogP contribution in [0.3, 0.4) is 0 Å². The van der Waals surface area contributed by atoms with Crippen molar-refractivity contribution >= 4 is 5.91 Å². The minimum atomic E-state index is 0.0787. The summed E-state index contributed by atoms with van der Waals surface area (Å²) < 4.78 is 11.0. The van der Waals surface area contributed by atoms with E-state index in [0.717, 1.165) is 26.0 Å². The highest BCUT2D eigenvalue weighted by Crippen LogP contribution is 2.16. The Morgan fingerprint density at radius 3 is 2.59 bits per heavy atom. The van der Waals surface area contributed by atoms with E-state index in [1.165, 1.54) is 38.5 Å². The van der Waals surface area contributed by atoms with E-state index in [-0.39, 0.29) is 12.0 Å². The Hall–Kier alpha value is -0.650. The molecule has 1 amide bonds. The predicted octanol–water partition coefficient (Wildman–Crippen LogP) is 2.00. The molecule has 0 aromatic heterocycles. The average molecular weight is 312 g/mol. The summed E-state index contributed by atoms with van der Waals surface area (Å²) in [5, 5.41) is 6.51. The van der Waals surface area contributed by atoms with Crippen molar-refractivity contribution in [3.8, 4) is 0 Å². The summed E-state index contributed by atoms with van der Waals surface area (Å²) in [5.74, 6) is 0.0787. The number of rotatable bonds is 9. The van der Waals surface area contributed by atoms with Crippen molar-refractivity contribution in [3.05, 3.63) is 0 Å². The average Bonchev–Trinajstić information content (AvgIpc) is 2.91. The molecule has 1 saturated heterocycles. The lowest BCUT2D eigenvalue weighted by Gasteiger charge is -2.16. The molecule has 128 valence electrons. The van der Waals surface area contributed by atoms with Crippen molar-refractivity contribution in [2.45, 2.75) is 69.9 Å². The first-order valence-electron chi connectivity index (χ1n) is 9.04. The van der Waals surface area contributed by atoms with E-state index in [4.69, 9.17) is 9.47 Å².